The smallest absolute Gasteiger partial charge is 0.316 e. The maximum atomic E-state index is 13.5. The molecule has 0 bridgehead atoms. The highest BCUT2D eigenvalue weighted by Crippen LogP contribution is 2.30. The monoisotopic (exact) mass is 287 g/mol. The molecule has 1 unspecified atom stereocenters. The molecule has 0 aliphatic heterocycles. The van der Waals surface area contributed by atoms with E-state index in [0.29, 0.717) is 18.6 Å². The van der Waals surface area contributed by atoms with Crippen LogP contribution in [0.5, 0.6) is 0 Å². The second-order valence-corrected chi connectivity index (χ2v) is 5.10. The van der Waals surface area contributed by atoms with E-state index in [1.54, 1.807) is 38.4 Å². The molecule has 1 heterocycles. The van der Waals surface area contributed by atoms with Gasteiger partial charge in [0.2, 0.25) is 0 Å². The zero-order valence-electron chi connectivity index (χ0n) is 12.2. The molecule has 0 aliphatic carbocycles. The Labute approximate surface area is 123 Å². The van der Waals surface area contributed by atoms with Crippen LogP contribution in [0.1, 0.15) is 25.0 Å². The number of esters is 1. The number of nitrogens with zero attached hydrogens (tertiary/aromatic N) is 1. The van der Waals surface area contributed by atoms with E-state index in [2.05, 4.69) is 4.98 Å². The summed E-state index contributed by atoms with van der Waals surface area (Å²) in [5, 5.41) is 0. The highest BCUT2D eigenvalue weighted by Gasteiger charge is 2.37. The van der Waals surface area contributed by atoms with E-state index in [1.165, 1.54) is 12.1 Å². The maximum Gasteiger partial charge on any atom is 0.316 e. The minimum Gasteiger partial charge on any atom is -0.465 e. The summed E-state index contributed by atoms with van der Waals surface area (Å²) in [7, 11) is 0. The quantitative estimate of drug-likeness (QED) is 0.792. The standard InChI is InChI=1S/C17H18FNO2/c1-3-21-16(20)17(2,12-13-7-9-19-10-8-13)14-5-4-6-15(18)11-14/h4-11H,3,12H2,1-2H3. The Morgan fingerprint density at radius 2 is 2.00 bits per heavy atom. The average molecular weight is 287 g/mol. The molecule has 1 aromatic heterocycles. The van der Waals surface area contributed by atoms with Crippen molar-refractivity contribution in [3.05, 3.63) is 65.7 Å². The highest BCUT2D eigenvalue weighted by atomic mass is 19.1. The molecule has 21 heavy (non-hydrogen) atoms. The van der Waals surface area contributed by atoms with Crippen molar-refractivity contribution in [2.45, 2.75) is 25.7 Å². The topological polar surface area (TPSA) is 39.2 Å². The van der Waals surface area contributed by atoms with E-state index in [-0.39, 0.29) is 11.8 Å². The number of halogens is 1. The largest absolute Gasteiger partial charge is 0.465 e. The Kier molecular flexibility index (Phi) is 4.68. The highest BCUT2D eigenvalue weighted by molar-refractivity contribution is 5.83. The summed E-state index contributed by atoms with van der Waals surface area (Å²) in [6, 6.07) is 9.79. The van der Waals surface area contributed by atoms with Gasteiger partial charge in [0.05, 0.1) is 12.0 Å². The SMILES string of the molecule is CCOC(=O)C(C)(Cc1ccncc1)c1cccc(F)c1. The molecule has 1 atom stereocenters. The molecule has 3 nitrogen and oxygen atoms in total. The van der Waals surface area contributed by atoms with E-state index in [4.69, 9.17) is 4.74 Å². The lowest BCUT2D eigenvalue weighted by atomic mass is 9.77. The predicted octanol–water partition coefficient (Wildman–Crippen LogP) is 3.28. The summed E-state index contributed by atoms with van der Waals surface area (Å²) < 4.78 is 18.7. The van der Waals surface area contributed by atoms with E-state index < -0.39 is 5.41 Å². The summed E-state index contributed by atoms with van der Waals surface area (Å²) >= 11 is 0. The number of hydrogen-bond donors (Lipinski definition) is 0. The number of carbonyl (C=O) groups excluding carboxylic acids is 1. The van der Waals surface area contributed by atoms with E-state index in [1.807, 2.05) is 12.1 Å². The summed E-state index contributed by atoms with van der Waals surface area (Å²) in [5.41, 5.74) is 0.627. The van der Waals surface area contributed by atoms with Gasteiger partial charge in [-0.2, -0.15) is 0 Å². The summed E-state index contributed by atoms with van der Waals surface area (Å²) in [6.45, 7) is 3.83. The first-order chi connectivity index (χ1) is 10.1. The van der Waals surface area contributed by atoms with Crippen molar-refractivity contribution in [3.8, 4) is 0 Å². The minimum absolute atomic E-state index is 0.292. The molecule has 0 radical (unpaired) electrons. The first-order valence-corrected chi connectivity index (χ1v) is 6.88. The lowest BCUT2D eigenvalue weighted by molar-refractivity contribution is -0.149. The maximum absolute atomic E-state index is 13.5. The number of hydrogen-bond acceptors (Lipinski definition) is 3. The van der Waals surface area contributed by atoms with Crippen LogP contribution in [0.25, 0.3) is 0 Å². The lowest BCUT2D eigenvalue weighted by Gasteiger charge is -2.28. The molecule has 2 aromatic rings. The summed E-state index contributed by atoms with van der Waals surface area (Å²) in [5.74, 6) is -0.717. The van der Waals surface area contributed by atoms with Crippen LogP contribution in [0.3, 0.4) is 0 Å². The molecule has 0 saturated heterocycles. The molecule has 4 heteroatoms. The first-order valence-electron chi connectivity index (χ1n) is 6.88. The first kappa shape index (κ1) is 15.2. The molecule has 1 aromatic carbocycles. The van der Waals surface area contributed by atoms with Crippen LogP contribution in [0.2, 0.25) is 0 Å². The van der Waals surface area contributed by atoms with Crippen LogP contribution in [-0.4, -0.2) is 17.6 Å². The Hall–Kier alpha value is -2.23. The van der Waals surface area contributed by atoms with Crippen molar-refractivity contribution < 1.29 is 13.9 Å². The molecule has 0 saturated carbocycles. The molecule has 0 fully saturated rings. The fourth-order valence-electron chi connectivity index (χ4n) is 2.32. The Morgan fingerprint density at radius 1 is 1.29 bits per heavy atom. The Balaban J connectivity index is 2.41. The number of rotatable bonds is 5. The third-order valence-electron chi connectivity index (χ3n) is 3.49. The molecule has 0 N–H and O–H groups in total. The van der Waals surface area contributed by atoms with Gasteiger partial charge in [0, 0.05) is 12.4 Å². The van der Waals surface area contributed by atoms with Gasteiger partial charge in [0.15, 0.2) is 0 Å². The second kappa shape index (κ2) is 6.48. The van der Waals surface area contributed by atoms with Crippen molar-refractivity contribution in [2.24, 2.45) is 0 Å². The van der Waals surface area contributed by atoms with Gasteiger partial charge in [0.1, 0.15) is 5.82 Å². The van der Waals surface area contributed by atoms with Crippen molar-refractivity contribution in [1.82, 2.24) is 4.98 Å². The molecule has 110 valence electrons. The molecular weight excluding hydrogens is 269 g/mol. The van der Waals surface area contributed by atoms with Gasteiger partial charge in [-0.05, 0) is 55.7 Å². The lowest BCUT2D eigenvalue weighted by Crippen LogP contribution is -2.36. The van der Waals surface area contributed by atoms with E-state index >= 15 is 0 Å². The van der Waals surface area contributed by atoms with Crippen molar-refractivity contribution in [3.63, 3.8) is 0 Å². The fraction of sp³-hybridized carbons (Fsp3) is 0.294. The molecule has 0 amide bonds. The van der Waals surface area contributed by atoms with Gasteiger partial charge in [0.25, 0.3) is 0 Å². The minimum atomic E-state index is -0.931. The van der Waals surface area contributed by atoms with Crippen LogP contribution in [0, 0.1) is 5.82 Å². The van der Waals surface area contributed by atoms with Crippen LogP contribution in [0.4, 0.5) is 4.39 Å². The van der Waals surface area contributed by atoms with Crippen LogP contribution >= 0.6 is 0 Å². The fourth-order valence-corrected chi connectivity index (χ4v) is 2.32. The summed E-state index contributed by atoms with van der Waals surface area (Å²) in [6.07, 6.45) is 3.77. The van der Waals surface area contributed by atoms with Crippen LogP contribution in [0.15, 0.2) is 48.8 Å². The van der Waals surface area contributed by atoms with Gasteiger partial charge in [-0.3, -0.25) is 9.78 Å². The molecule has 0 aliphatic rings. The van der Waals surface area contributed by atoms with E-state index in [0.717, 1.165) is 5.56 Å². The zero-order chi connectivity index (χ0) is 15.3. The molecular formula is C17H18FNO2. The number of benzene rings is 1. The van der Waals surface area contributed by atoms with Crippen LogP contribution < -0.4 is 0 Å². The Bertz CT molecular complexity index is 615. The summed E-state index contributed by atoms with van der Waals surface area (Å²) in [4.78, 5) is 16.4. The van der Waals surface area contributed by atoms with Crippen molar-refractivity contribution >= 4 is 5.97 Å². The zero-order valence-corrected chi connectivity index (χ0v) is 12.2. The number of aromatic nitrogens is 1. The second-order valence-electron chi connectivity index (χ2n) is 5.10. The Morgan fingerprint density at radius 3 is 2.62 bits per heavy atom. The van der Waals surface area contributed by atoms with Gasteiger partial charge in [-0.1, -0.05) is 12.1 Å². The predicted molar refractivity (Wildman–Crippen MR) is 78.3 cm³/mol. The normalized spacial score (nSPS) is 13.5. The van der Waals surface area contributed by atoms with Gasteiger partial charge in [-0.15, -0.1) is 0 Å². The van der Waals surface area contributed by atoms with Crippen LogP contribution in [-0.2, 0) is 21.4 Å². The number of carbonyl (C=O) groups is 1. The van der Waals surface area contributed by atoms with E-state index in [9.17, 15) is 9.18 Å². The number of pyridine rings is 1. The van der Waals surface area contributed by atoms with Crippen molar-refractivity contribution in [1.29, 1.82) is 0 Å². The number of ether oxygens (including phenoxy) is 1. The van der Waals surface area contributed by atoms with Gasteiger partial charge >= 0.3 is 5.97 Å². The third-order valence-corrected chi connectivity index (χ3v) is 3.49. The molecule has 0 spiro atoms. The van der Waals surface area contributed by atoms with Gasteiger partial charge in [-0.25, -0.2) is 4.39 Å². The van der Waals surface area contributed by atoms with Gasteiger partial charge < -0.3 is 4.74 Å². The molecule has 2 rings (SSSR count). The van der Waals surface area contributed by atoms with Crippen molar-refractivity contribution in [2.75, 3.05) is 6.61 Å². The average Bonchev–Trinajstić information content (AvgIpc) is 2.48. The third kappa shape index (κ3) is 3.45.